The number of nitrogens with one attached hydrogen (secondary N) is 1. The zero-order valence-electron chi connectivity index (χ0n) is 16.6. The van der Waals surface area contributed by atoms with Gasteiger partial charge in [-0.3, -0.25) is 4.79 Å². The number of hydrogen-bond donors (Lipinski definition) is 1. The van der Waals surface area contributed by atoms with Crippen LogP contribution >= 0.6 is 0 Å². The molecule has 0 atom stereocenters. The monoisotopic (exact) mass is 390 g/mol. The zero-order chi connectivity index (χ0) is 20.4. The highest BCUT2D eigenvalue weighted by atomic mass is 16.5. The van der Waals surface area contributed by atoms with Crippen LogP contribution in [0.2, 0.25) is 0 Å². The van der Waals surface area contributed by atoms with E-state index >= 15 is 0 Å². The van der Waals surface area contributed by atoms with Crippen molar-refractivity contribution in [2.24, 2.45) is 0 Å². The Bertz CT molecular complexity index is 1070. The van der Waals surface area contributed by atoms with Crippen LogP contribution in [0.3, 0.4) is 0 Å². The number of para-hydroxylation sites is 1. The Balaban J connectivity index is 1.65. The van der Waals surface area contributed by atoms with Gasteiger partial charge in [-0.05, 0) is 37.1 Å². The molecule has 1 N–H and O–H groups in total. The first-order chi connectivity index (χ1) is 14.1. The van der Waals surface area contributed by atoms with Crippen LogP contribution in [0, 0.1) is 6.92 Å². The number of rotatable bonds is 5. The summed E-state index contributed by atoms with van der Waals surface area (Å²) in [6, 6.07) is 15.1. The molecule has 1 aromatic heterocycles. The molecule has 0 saturated carbocycles. The smallest absolute Gasteiger partial charge is 0.277 e. The van der Waals surface area contributed by atoms with Gasteiger partial charge >= 0.3 is 0 Å². The molecule has 0 fully saturated rings. The van der Waals surface area contributed by atoms with Crippen molar-refractivity contribution in [1.82, 2.24) is 9.97 Å². The van der Waals surface area contributed by atoms with Crippen LogP contribution in [-0.2, 0) is 6.42 Å². The molecule has 1 aliphatic heterocycles. The summed E-state index contributed by atoms with van der Waals surface area (Å²) in [6.45, 7) is 2.41. The molecule has 1 amide bonds. The van der Waals surface area contributed by atoms with E-state index in [-0.39, 0.29) is 5.91 Å². The van der Waals surface area contributed by atoms with E-state index in [1.54, 1.807) is 32.1 Å². The van der Waals surface area contributed by atoms with Crippen molar-refractivity contribution < 1.29 is 14.3 Å². The van der Waals surface area contributed by atoms with Crippen LogP contribution in [0.4, 0.5) is 17.2 Å². The Kier molecular flexibility index (Phi) is 5.03. The van der Waals surface area contributed by atoms with Crippen LogP contribution in [-0.4, -0.2) is 36.6 Å². The SMILES string of the molecule is COc1ccc(OC)c(Nc2cc(C(=O)N3CCc4ccccc43)nc(C)n2)c1. The molecule has 2 heterocycles. The number of nitrogens with zero attached hydrogens (tertiary/aromatic N) is 3. The number of fused-ring (bicyclic) bond motifs is 1. The number of hydrogen-bond acceptors (Lipinski definition) is 6. The van der Waals surface area contributed by atoms with Crippen LogP contribution in [0.25, 0.3) is 0 Å². The van der Waals surface area contributed by atoms with E-state index < -0.39 is 0 Å². The van der Waals surface area contributed by atoms with E-state index in [1.165, 1.54) is 5.56 Å². The average molecular weight is 390 g/mol. The minimum atomic E-state index is -0.138. The number of anilines is 3. The summed E-state index contributed by atoms with van der Waals surface area (Å²) >= 11 is 0. The summed E-state index contributed by atoms with van der Waals surface area (Å²) in [5.41, 5.74) is 3.15. The highest BCUT2D eigenvalue weighted by molar-refractivity contribution is 6.06. The van der Waals surface area contributed by atoms with Gasteiger partial charge in [-0.1, -0.05) is 18.2 Å². The average Bonchev–Trinajstić information content (AvgIpc) is 3.17. The number of aryl methyl sites for hydroxylation is 1. The molecular formula is C22H22N4O3. The van der Waals surface area contributed by atoms with E-state index in [1.807, 2.05) is 36.4 Å². The third-order valence-corrected chi connectivity index (χ3v) is 4.86. The van der Waals surface area contributed by atoms with Crippen LogP contribution in [0.5, 0.6) is 11.5 Å². The van der Waals surface area contributed by atoms with Gasteiger partial charge in [0.1, 0.15) is 28.8 Å². The summed E-state index contributed by atoms with van der Waals surface area (Å²) in [4.78, 5) is 23.7. The summed E-state index contributed by atoms with van der Waals surface area (Å²) in [5, 5.41) is 3.22. The van der Waals surface area contributed by atoms with Crippen LogP contribution < -0.4 is 19.7 Å². The molecule has 1 aliphatic rings. The second kappa shape index (κ2) is 7.79. The van der Waals surface area contributed by atoms with E-state index in [2.05, 4.69) is 21.4 Å². The molecule has 0 spiro atoms. The molecule has 0 bridgehead atoms. The van der Waals surface area contributed by atoms with Crippen molar-refractivity contribution in [2.45, 2.75) is 13.3 Å². The van der Waals surface area contributed by atoms with Crippen molar-refractivity contribution in [2.75, 3.05) is 31.0 Å². The first kappa shape index (κ1) is 18.7. The van der Waals surface area contributed by atoms with Gasteiger partial charge in [0, 0.05) is 24.4 Å². The largest absolute Gasteiger partial charge is 0.497 e. The second-order valence-electron chi connectivity index (χ2n) is 6.71. The minimum absolute atomic E-state index is 0.138. The lowest BCUT2D eigenvalue weighted by Crippen LogP contribution is -2.30. The topological polar surface area (TPSA) is 76.6 Å². The first-order valence-electron chi connectivity index (χ1n) is 9.33. The van der Waals surface area contributed by atoms with E-state index in [0.717, 1.165) is 12.1 Å². The van der Waals surface area contributed by atoms with Gasteiger partial charge in [0.25, 0.3) is 5.91 Å². The van der Waals surface area contributed by atoms with Gasteiger partial charge in [-0.25, -0.2) is 9.97 Å². The summed E-state index contributed by atoms with van der Waals surface area (Å²) in [6.07, 6.45) is 0.845. The van der Waals surface area contributed by atoms with Gasteiger partial charge in [0.15, 0.2) is 0 Å². The maximum Gasteiger partial charge on any atom is 0.277 e. The fourth-order valence-corrected chi connectivity index (χ4v) is 3.48. The van der Waals surface area contributed by atoms with Crippen molar-refractivity contribution in [3.8, 4) is 11.5 Å². The third kappa shape index (κ3) is 3.71. The van der Waals surface area contributed by atoms with E-state index in [4.69, 9.17) is 9.47 Å². The molecule has 7 nitrogen and oxygen atoms in total. The van der Waals surface area contributed by atoms with Crippen molar-refractivity contribution in [3.05, 3.63) is 65.6 Å². The number of aromatic nitrogens is 2. The lowest BCUT2D eigenvalue weighted by molar-refractivity contribution is 0.0984. The van der Waals surface area contributed by atoms with Crippen LogP contribution in [0.15, 0.2) is 48.5 Å². The quantitative estimate of drug-likeness (QED) is 0.715. The van der Waals surface area contributed by atoms with Gasteiger partial charge in [0.2, 0.25) is 0 Å². The lowest BCUT2D eigenvalue weighted by atomic mass is 10.2. The predicted octanol–water partition coefficient (Wildman–Crippen LogP) is 3.75. The Morgan fingerprint density at radius 2 is 1.90 bits per heavy atom. The van der Waals surface area contributed by atoms with E-state index in [9.17, 15) is 4.79 Å². The van der Waals surface area contributed by atoms with Gasteiger partial charge in [-0.15, -0.1) is 0 Å². The number of ether oxygens (including phenoxy) is 2. The molecule has 0 radical (unpaired) electrons. The Hall–Kier alpha value is -3.61. The Morgan fingerprint density at radius 3 is 2.69 bits per heavy atom. The zero-order valence-corrected chi connectivity index (χ0v) is 16.6. The standard InChI is InChI=1S/C22H22N4O3/c1-14-23-18(22(27)26-11-10-15-6-4-5-7-19(15)26)13-21(24-14)25-17-12-16(28-2)8-9-20(17)29-3/h4-9,12-13H,10-11H2,1-3H3,(H,23,24,25). The molecular weight excluding hydrogens is 368 g/mol. The second-order valence-corrected chi connectivity index (χ2v) is 6.71. The normalized spacial score (nSPS) is 12.4. The predicted molar refractivity (Wildman–Crippen MR) is 111 cm³/mol. The maximum atomic E-state index is 13.2. The maximum absolute atomic E-state index is 13.2. The van der Waals surface area contributed by atoms with Crippen molar-refractivity contribution in [3.63, 3.8) is 0 Å². The molecule has 0 unspecified atom stereocenters. The Labute approximate surface area is 169 Å². The number of benzene rings is 2. The summed E-state index contributed by atoms with van der Waals surface area (Å²) < 4.78 is 10.7. The minimum Gasteiger partial charge on any atom is -0.497 e. The molecule has 2 aromatic carbocycles. The van der Waals surface area contributed by atoms with E-state index in [0.29, 0.717) is 41.1 Å². The number of carbonyl (C=O) groups is 1. The van der Waals surface area contributed by atoms with Crippen molar-refractivity contribution in [1.29, 1.82) is 0 Å². The molecule has 4 rings (SSSR count). The molecule has 29 heavy (non-hydrogen) atoms. The van der Waals surface area contributed by atoms with Crippen molar-refractivity contribution >= 4 is 23.1 Å². The Morgan fingerprint density at radius 1 is 1.07 bits per heavy atom. The number of carbonyl (C=O) groups excluding carboxylic acids is 1. The summed E-state index contributed by atoms with van der Waals surface area (Å²) in [7, 11) is 3.20. The summed E-state index contributed by atoms with van der Waals surface area (Å²) in [5.74, 6) is 2.21. The molecule has 7 heteroatoms. The van der Waals surface area contributed by atoms with Gasteiger partial charge in [-0.2, -0.15) is 0 Å². The van der Waals surface area contributed by atoms with Gasteiger partial charge in [0.05, 0.1) is 19.9 Å². The van der Waals surface area contributed by atoms with Crippen LogP contribution in [0.1, 0.15) is 21.9 Å². The molecule has 0 saturated heterocycles. The highest BCUT2D eigenvalue weighted by Crippen LogP contribution is 2.32. The number of methoxy groups -OCH3 is 2. The lowest BCUT2D eigenvalue weighted by Gasteiger charge is -2.18. The van der Waals surface area contributed by atoms with Gasteiger partial charge < -0.3 is 19.7 Å². The molecule has 3 aromatic rings. The highest BCUT2D eigenvalue weighted by Gasteiger charge is 2.26. The fraction of sp³-hybridized carbons (Fsp3) is 0.227. The fourth-order valence-electron chi connectivity index (χ4n) is 3.48. The first-order valence-corrected chi connectivity index (χ1v) is 9.33. The molecule has 0 aliphatic carbocycles. The third-order valence-electron chi connectivity index (χ3n) is 4.86. The number of amides is 1. The molecule has 148 valence electrons.